The molecule has 0 fully saturated rings. The van der Waals surface area contributed by atoms with E-state index in [4.69, 9.17) is 10.4 Å². The largest absolute Gasteiger partial charge is 0.395 e. The summed E-state index contributed by atoms with van der Waals surface area (Å²) in [6.07, 6.45) is 0. The molecule has 0 saturated heterocycles. The molecule has 0 aliphatic rings. The van der Waals surface area contributed by atoms with E-state index in [1.54, 1.807) is 24.3 Å². The lowest BCUT2D eigenvalue weighted by Gasteiger charge is -2.12. The molecule has 0 aliphatic carbocycles. The topological polar surface area (TPSA) is 85.2 Å². The zero-order chi connectivity index (χ0) is 16.7. The fraction of sp³-hybridized carbons (Fsp3) is 0.176. The Morgan fingerprint density at radius 1 is 1.26 bits per heavy atom. The summed E-state index contributed by atoms with van der Waals surface area (Å²) in [5.74, 6) is -0.743. The van der Waals surface area contributed by atoms with Crippen LogP contribution in [-0.4, -0.2) is 24.2 Å². The minimum absolute atomic E-state index is 0.144. The van der Waals surface area contributed by atoms with Gasteiger partial charge in [-0.1, -0.05) is 12.1 Å². The van der Waals surface area contributed by atoms with Gasteiger partial charge in [0, 0.05) is 24.3 Å². The smallest absolute Gasteiger partial charge is 0.253 e. The van der Waals surface area contributed by atoms with Crippen LogP contribution in [0.2, 0.25) is 0 Å². The molecule has 3 N–H and O–H groups in total. The van der Waals surface area contributed by atoms with Gasteiger partial charge in [-0.2, -0.15) is 5.26 Å². The van der Waals surface area contributed by atoms with E-state index in [0.29, 0.717) is 22.4 Å². The molecule has 0 spiro atoms. The number of carbonyl (C=O) groups excluding carboxylic acids is 1. The molecule has 0 bridgehead atoms. The Kier molecular flexibility index (Phi) is 5.67. The van der Waals surface area contributed by atoms with Crippen molar-refractivity contribution < 1.29 is 14.3 Å². The quantitative estimate of drug-likeness (QED) is 0.762. The predicted molar refractivity (Wildman–Crippen MR) is 84.3 cm³/mol. The number of nitriles is 1. The number of amides is 1. The molecule has 23 heavy (non-hydrogen) atoms. The van der Waals surface area contributed by atoms with E-state index in [1.165, 1.54) is 18.2 Å². The van der Waals surface area contributed by atoms with Crippen LogP contribution in [-0.2, 0) is 6.54 Å². The Labute approximate surface area is 133 Å². The number of carbonyl (C=O) groups is 1. The van der Waals surface area contributed by atoms with E-state index in [0.717, 1.165) is 0 Å². The van der Waals surface area contributed by atoms with Crippen molar-refractivity contribution >= 4 is 11.6 Å². The number of aliphatic hydroxyl groups excluding tert-OH is 1. The maximum atomic E-state index is 13.8. The lowest BCUT2D eigenvalue weighted by molar-refractivity contribution is 0.0945. The summed E-state index contributed by atoms with van der Waals surface area (Å²) in [5.41, 5.74) is 1.66. The van der Waals surface area contributed by atoms with Gasteiger partial charge in [-0.15, -0.1) is 0 Å². The SMILES string of the molecule is N#Cc1ccc(F)c(CNc2ccccc2C(=O)NCCO)c1. The van der Waals surface area contributed by atoms with E-state index in [-0.39, 0.29) is 25.6 Å². The molecular formula is C17H16FN3O2. The molecule has 0 heterocycles. The first-order valence-electron chi connectivity index (χ1n) is 7.06. The molecule has 6 heteroatoms. The van der Waals surface area contributed by atoms with Crippen LogP contribution in [0.5, 0.6) is 0 Å². The number of nitrogens with zero attached hydrogens (tertiary/aromatic N) is 1. The van der Waals surface area contributed by atoms with Crippen LogP contribution in [0.15, 0.2) is 42.5 Å². The van der Waals surface area contributed by atoms with Gasteiger partial charge in [0.2, 0.25) is 0 Å². The summed E-state index contributed by atoms with van der Waals surface area (Å²) < 4.78 is 13.8. The van der Waals surface area contributed by atoms with Crippen molar-refractivity contribution in [3.05, 3.63) is 65.0 Å². The average Bonchev–Trinajstić information content (AvgIpc) is 2.59. The number of hydrogen-bond donors (Lipinski definition) is 3. The Bertz CT molecular complexity index is 741. The van der Waals surface area contributed by atoms with Crippen LogP contribution in [0.3, 0.4) is 0 Å². The third-order valence-corrected chi connectivity index (χ3v) is 3.21. The van der Waals surface area contributed by atoms with E-state index < -0.39 is 5.82 Å². The maximum Gasteiger partial charge on any atom is 0.253 e. The highest BCUT2D eigenvalue weighted by Crippen LogP contribution is 2.18. The summed E-state index contributed by atoms with van der Waals surface area (Å²) >= 11 is 0. The zero-order valence-corrected chi connectivity index (χ0v) is 12.3. The van der Waals surface area contributed by atoms with Crippen LogP contribution in [0.1, 0.15) is 21.5 Å². The third kappa shape index (κ3) is 4.28. The first-order valence-corrected chi connectivity index (χ1v) is 7.06. The molecule has 0 aliphatic heterocycles. The van der Waals surface area contributed by atoms with Crippen LogP contribution in [0.25, 0.3) is 0 Å². The van der Waals surface area contributed by atoms with E-state index in [9.17, 15) is 9.18 Å². The van der Waals surface area contributed by atoms with Gasteiger partial charge in [-0.05, 0) is 30.3 Å². The summed E-state index contributed by atoms with van der Waals surface area (Å²) in [5, 5.41) is 23.2. The fourth-order valence-corrected chi connectivity index (χ4v) is 2.07. The van der Waals surface area contributed by atoms with Crippen molar-refractivity contribution in [2.24, 2.45) is 0 Å². The summed E-state index contributed by atoms with van der Waals surface area (Å²) in [7, 11) is 0. The standard InChI is InChI=1S/C17H16FN3O2/c18-15-6-5-12(10-19)9-13(15)11-21-16-4-2-1-3-14(16)17(23)20-7-8-22/h1-6,9,21-22H,7-8,11H2,(H,20,23). The van der Waals surface area contributed by atoms with Crippen LogP contribution >= 0.6 is 0 Å². The lowest BCUT2D eigenvalue weighted by atomic mass is 10.1. The second-order valence-electron chi connectivity index (χ2n) is 4.80. The minimum atomic E-state index is -0.418. The summed E-state index contributed by atoms with van der Waals surface area (Å²) in [6.45, 7) is 0.158. The van der Waals surface area contributed by atoms with Gasteiger partial charge >= 0.3 is 0 Å². The molecule has 2 rings (SSSR count). The zero-order valence-electron chi connectivity index (χ0n) is 12.3. The Morgan fingerprint density at radius 3 is 2.78 bits per heavy atom. The minimum Gasteiger partial charge on any atom is -0.395 e. The Balaban J connectivity index is 2.15. The molecule has 118 valence electrons. The van der Waals surface area contributed by atoms with E-state index in [1.807, 2.05) is 6.07 Å². The molecule has 0 atom stereocenters. The van der Waals surface area contributed by atoms with Gasteiger partial charge in [0.15, 0.2) is 0 Å². The maximum absolute atomic E-state index is 13.8. The number of rotatable bonds is 6. The number of anilines is 1. The highest BCUT2D eigenvalue weighted by molar-refractivity contribution is 5.99. The molecule has 0 saturated carbocycles. The molecule has 0 radical (unpaired) electrons. The lowest BCUT2D eigenvalue weighted by Crippen LogP contribution is -2.27. The molecule has 0 aromatic heterocycles. The van der Waals surface area contributed by atoms with Crippen molar-refractivity contribution in [3.8, 4) is 6.07 Å². The fourth-order valence-electron chi connectivity index (χ4n) is 2.07. The van der Waals surface area contributed by atoms with Gasteiger partial charge in [0.1, 0.15) is 5.82 Å². The van der Waals surface area contributed by atoms with Crippen molar-refractivity contribution in [2.45, 2.75) is 6.54 Å². The van der Waals surface area contributed by atoms with Gasteiger partial charge in [-0.3, -0.25) is 4.79 Å². The van der Waals surface area contributed by atoms with Gasteiger partial charge < -0.3 is 15.7 Å². The van der Waals surface area contributed by atoms with Crippen molar-refractivity contribution in [1.82, 2.24) is 5.32 Å². The van der Waals surface area contributed by atoms with Crippen molar-refractivity contribution in [3.63, 3.8) is 0 Å². The van der Waals surface area contributed by atoms with Gasteiger partial charge in [0.05, 0.1) is 23.8 Å². The summed E-state index contributed by atoms with van der Waals surface area (Å²) in [4.78, 5) is 12.0. The molecule has 1 amide bonds. The molecule has 2 aromatic rings. The highest BCUT2D eigenvalue weighted by Gasteiger charge is 2.11. The predicted octanol–water partition coefficient (Wildman–Crippen LogP) is 2.03. The Hall–Kier alpha value is -2.91. The van der Waals surface area contributed by atoms with E-state index >= 15 is 0 Å². The molecule has 2 aromatic carbocycles. The van der Waals surface area contributed by atoms with Gasteiger partial charge in [0.25, 0.3) is 5.91 Å². The average molecular weight is 313 g/mol. The number of halogens is 1. The van der Waals surface area contributed by atoms with Gasteiger partial charge in [-0.25, -0.2) is 4.39 Å². The normalized spacial score (nSPS) is 9.96. The third-order valence-electron chi connectivity index (χ3n) is 3.21. The first-order chi connectivity index (χ1) is 11.2. The number of hydrogen-bond acceptors (Lipinski definition) is 4. The number of nitrogens with one attached hydrogen (secondary N) is 2. The van der Waals surface area contributed by atoms with Crippen molar-refractivity contribution in [2.75, 3.05) is 18.5 Å². The van der Waals surface area contributed by atoms with Crippen LogP contribution in [0, 0.1) is 17.1 Å². The van der Waals surface area contributed by atoms with Crippen LogP contribution in [0.4, 0.5) is 10.1 Å². The number of para-hydroxylation sites is 1. The first kappa shape index (κ1) is 16.5. The van der Waals surface area contributed by atoms with E-state index in [2.05, 4.69) is 10.6 Å². The second-order valence-corrected chi connectivity index (χ2v) is 4.80. The monoisotopic (exact) mass is 313 g/mol. The number of aliphatic hydroxyl groups is 1. The molecular weight excluding hydrogens is 297 g/mol. The molecule has 0 unspecified atom stereocenters. The number of benzene rings is 2. The Morgan fingerprint density at radius 2 is 2.04 bits per heavy atom. The summed E-state index contributed by atoms with van der Waals surface area (Å²) in [6, 6.07) is 12.9. The highest BCUT2D eigenvalue weighted by atomic mass is 19.1. The van der Waals surface area contributed by atoms with Crippen molar-refractivity contribution in [1.29, 1.82) is 5.26 Å². The van der Waals surface area contributed by atoms with Crippen LogP contribution < -0.4 is 10.6 Å². The second kappa shape index (κ2) is 7.92. The molecule has 5 nitrogen and oxygen atoms in total.